The van der Waals surface area contributed by atoms with E-state index in [-0.39, 0.29) is 24.7 Å². The fourth-order valence-corrected chi connectivity index (χ4v) is 2.89. The molecule has 3 aromatic rings. The number of H-pyrrole nitrogens is 1. The SMILES string of the molecule is CCN(CC(=O)Nc1ccccc1C(F)(F)F)C(=O)c1ccc2cc[nH]c2c1. The first-order chi connectivity index (χ1) is 13.3. The summed E-state index contributed by atoms with van der Waals surface area (Å²) in [5, 5.41) is 3.20. The van der Waals surface area contributed by atoms with Crippen LogP contribution in [0.1, 0.15) is 22.8 Å². The molecule has 146 valence electrons. The van der Waals surface area contributed by atoms with Gasteiger partial charge in [-0.25, -0.2) is 0 Å². The zero-order chi connectivity index (χ0) is 20.3. The molecule has 1 heterocycles. The summed E-state index contributed by atoms with van der Waals surface area (Å²) in [5.74, 6) is -1.08. The van der Waals surface area contributed by atoms with Crippen LogP contribution in [0, 0.1) is 0 Å². The van der Waals surface area contributed by atoms with E-state index in [2.05, 4.69) is 10.3 Å². The van der Waals surface area contributed by atoms with Crippen LogP contribution in [-0.4, -0.2) is 34.8 Å². The topological polar surface area (TPSA) is 65.2 Å². The number of carbonyl (C=O) groups is 2. The highest BCUT2D eigenvalue weighted by molar-refractivity contribution is 6.01. The molecule has 0 spiro atoms. The summed E-state index contributed by atoms with van der Waals surface area (Å²) in [6.45, 7) is 1.57. The van der Waals surface area contributed by atoms with Gasteiger partial charge in [0.25, 0.3) is 5.91 Å². The summed E-state index contributed by atoms with van der Waals surface area (Å²) in [6.07, 6.45) is -2.84. The normalized spacial score (nSPS) is 11.4. The lowest BCUT2D eigenvalue weighted by atomic mass is 10.1. The fraction of sp³-hybridized carbons (Fsp3) is 0.200. The van der Waals surface area contributed by atoms with Crippen molar-refractivity contribution in [1.82, 2.24) is 9.88 Å². The summed E-state index contributed by atoms with van der Waals surface area (Å²) < 4.78 is 39.2. The smallest absolute Gasteiger partial charge is 0.361 e. The lowest BCUT2D eigenvalue weighted by Crippen LogP contribution is -2.38. The van der Waals surface area contributed by atoms with Crippen LogP contribution < -0.4 is 5.32 Å². The van der Waals surface area contributed by atoms with Crippen molar-refractivity contribution in [3.63, 3.8) is 0 Å². The van der Waals surface area contributed by atoms with E-state index < -0.39 is 17.6 Å². The monoisotopic (exact) mass is 389 g/mol. The van der Waals surface area contributed by atoms with E-state index in [1.165, 1.54) is 23.1 Å². The average Bonchev–Trinajstić information content (AvgIpc) is 3.13. The van der Waals surface area contributed by atoms with Gasteiger partial charge in [-0.1, -0.05) is 18.2 Å². The molecule has 0 aliphatic heterocycles. The number of nitrogens with zero attached hydrogens (tertiary/aromatic N) is 1. The summed E-state index contributed by atoms with van der Waals surface area (Å²) in [4.78, 5) is 29.3. The number of rotatable bonds is 5. The third kappa shape index (κ3) is 4.16. The van der Waals surface area contributed by atoms with Crippen LogP contribution in [-0.2, 0) is 11.0 Å². The molecular formula is C20H18F3N3O2. The minimum atomic E-state index is -4.59. The molecule has 8 heteroatoms. The Morgan fingerprint density at radius 3 is 2.57 bits per heavy atom. The van der Waals surface area contributed by atoms with Crippen LogP contribution in [0.15, 0.2) is 54.7 Å². The van der Waals surface area contributed by atoms with Gasteiger partial charge in [-0.3, -0.25) is 9.59 Å². The molecule has 0 bridgehead atoms. The Labute approximate surface area is 159 Å². The fourth-order valence-electron chi connectivity index (χ4n) is 2.89. The molecule has 0 saturated heterocycles. The van der Waals surface area contributed by atoms with Crippen LogP contribution in [0.3, 0.4) is 0 Å². The van der Waals surface area contributed by atoms with Gasteiger partial charge in [0.1, 0.15) is 6.54 Å². The first-order valence-corrected chi connectivity index (χ1v) is 8.62. The van der Waals surface area contributed by atoms with Crippen molar-refractivity contribution in [1.29, 1.82) is 0 Å². The second-order valence-electron chi connectivity index (χ2n) is 6.19. The van der Waals surface area contributed by atoms with Gasteiger partial charge >= 0.3 is 6.18 Å². The van der Waals surface area contributed by atoms with E-state index >= 15 is 0 Å². The molecule has 3 rings (SSSR count). The number of carbonyl (C=O) groups excluding carboxylic acids is 2. The van der Waals surface area contributed by atoms with Crippen molar-refractivity contribution in [2.45, 2.75) is 13.1 Å². The Kier molecular flexibility index (Phi) is 5.39. The third-order valence-corrected chi connectivity index (χ3v) is 4.31. The number of fused-ring (bicyclic) bond motifs is 1. The lowest BCUT2D eigenvalue weighted by Gasteiger charge is -2.21. The van der Waals surface area contributed by atoms with Crippen LogP contribution in [0.5, 0.6) is 0 Å². The Bertz CT molecular complexity index is 1010. The second-order valence-corrected chi connectivity index (χ2v) is 6.19. The second kappa shape index (κ2) is 7.75. The Hall–Kier alpha value is -3.29. The quantitative estimate of drug-likeness (QED) is 0.684. The summed E-state index contributed by atoms with van der Waals surface area (Å²) >= 11 is 0. The zero-order valence-corrected chi connectivity index (χ0v) is 15.0. The number of aromatic nitrogens is 1. The molecular weight excluding hydrogens is 371 g/mol. The molecule has 28 heavy (non-hydrogen) atoms. The highest BCUT2D eigenvalue weighted by Gasteiger charge is 2.33. The largest absolute Gasteiger partial charge is 0.418 e. The number of nitrogens with one attached hydrogen (secondary N) is 2. The number of hydrogen-bond acceptors (Lipinski definition) is 2. The van der Waals surface area contributed by atoms with Gasteiger partial charge in [-0.15, -0.1) is 0 Å². The highest BCUT2D eigenvalue weighted by Crippen LogP contribution is 2.34. The number of aromatic amines is 1. The number of likely N-dealkylation sites (N-methyl/N-ethyl adjacent to an activating group) is 1. The predicted molar refractivity (Wildman–Crippen MR) is 99.9 cm³/mol. The van der Waals surface area contributed by atoms with E-state index in [4.69, 9.17) is 0 Å². The molecule has 5 nitrogen and oxygen atoms in total. The number of hydrogen-bond donors (Lipinski definition) is 2. The van der Waals surface area contributed by atoms with E-state index in [0.29, 0.717) is 5.56 Å². The third-order valence-electron chi connectivity index (χ3n) is 4.31. The molecule has 0 saturated carbocycles. The molecule has 2 N–H and O–H groups in total. The molecule has 0 unspecified atom stereocenters. The van der Waals surface area contributed by atoms with Gasteiger partial charge in [0, 0.05) is 23.8 Å². The van der Waals surface area contributed by atoms with Gasteiger partial charge in [-0.05, 0) is 42.6 Å². The van der Waals surface area contributed by atoms with Crippen molar-refractivity contribution in [3.8, 4) is 0 Å². The Balaban J connectivity index is 1.74. The highest BCUT2D eigenvalue weighted by atomic mass is 19.4. The molecule has 2 amide bonds. The maximum Gasteiger partial charge on any atom is 0.418 e. The maximum absolute atomic E-state index is 13.1. The molecule has 0 aliphatic rings. The van der Waals surface area contributed by atoms with Crippen LogP contribution in [0.25, 0.3) is 10.9 Å². The van der Waals surface area contributed by atoms with Gasteiger partial charge in [0.2, 0.25) is 5.91 Å². The number of benzene rings is 2. The Morgan fingerprint density at radius 1 is 1.11 bits per heavy atom. The number of alkyl halides is 3. The molecule has 1 aromatic heterocycles. The van der Waals surface area contributed by atoms with Crippen molar-refractivity contribution in [2.75, 3.05) is 18.4 Å². The van der Waals surface area contributed by atoms with E-state index in [1.807, 2.05) is 6.07 Å². The number of anilines is 1. The van der Waals surface area contributed by atoms with Gasteiger partial charge in [0.05, 0.1) is 11.3 Å². The summed E-state index contributed by atoms with van der Waals surface area (Å²) in [6, 6.07) is 11.7. The van der Waals surface area contributed by atoms with Crippen LogP contribution >= 0.6 is 0 Å². The molecule has 0 aliphatic carbocycles. The average molecular weight is 389 g/mol. The van der Waals surface area contributed by atoms with E-state index in [1.54, 1.807) is 31.3 Å². The number of para-hydroxylation sites is 1. The molecule has 0 fully saturated rings. The molecule has 0 radical (unpaired) electrons. The first kappa shape index (κ1) is 19.5. The van der Waals surface area contributed by atoms with Crippen molar-refractivity contribution < 1.29 is 22.8 Å². The van der Waals surface area contributed by atoms with Gasteiger partial charge in [0.15, 0.2) is 0 Å². The van der Waals surface area contributed by atoms with E-state index in [9.17, 15) is 22.8 Å². The molecule has 0 atom stereocenters. The van der Waals surface area contributed by atoms with E-state index in [0.717, 1.165) is 17.0 Å². The van der Waals surface area contributed by atoms with Crippen LogP contribution in [0.4, 0.5) is 18.9 Å². The number of halogens is 3. The maximum atomic E-state index is 13.1. The Morgan fingerprint density at radius 2 is 1.86 bits per heavy atom. The van der Waals surface area contributed by atoms with Crippen LogP contribution in [0.2, 0.25) is 0 Å². The standard InChI is InChI=1S/C20H18F3N3O2/c1-2-26(19(28)14-8-7-13-9-10-24-17(13)11-14)12-18(27)25-16-6-4-3-5-15(16)20(21,22)23/h3-11,24H,2,12H2,1H3,(H,25,27). The summed E-state index contributed by atoms with van der Waals surface area (Å²) in [7, 11) is 0. The number of amides is 2. The molecule has 2 aromatic carbocycles. The lowest BCUT2D eigenvalue weighted by molar-refractivity contribution is -0.137. The van der Waals surface area contributed by atoms with Crippen molar-refractivity contribution in [3.05, 3.63) is 65.9 Å². The zero-order valence-electron chi connectivity index (χ0n) is 15.0. The van der Waals surface area contributed by atoms with Gasteiger partial charge < -0.3 is 15.2 Å². The van der Waals surface area contributed by atoms with Crippen molar-refractivity contribution >= 4 is 28.4 Å². The van der Waals surface area contributed by atoms with Gasteiger partial charge in [-0.2, -0.15) is 13.2 Å². The minimum absolute atomic E-state index is 0.232. The van der Waals surface area contributed by atoms with Crippen molar-refractivity contribution in [2.24, 2.45) is 0 Å². The predicted octanol–water partition coefficient (Wildman–Crippen LogP) is 4.29. The first-order valence-electron chi connectivity index (χ1n) is 8.62. The minimum Gasteiger partial charge on any atom is -0.361 e. The summed E-state index contributed by atoms with van der Waals surface area (Å²) in [5.41, 5.74) is -0.100.